The van der Waals surface area contributed by atoms with E-state index in [0.29, 0.717) is 11.1 Å². The highest BCUT2D eigenvalue weighted by Crippen LogP contribution is 2.31. The van der Waals surface area contributed by atoms with Crippen molar-refractivity contribution in [3.8, 4) is 0 Å². The molecule has 0 radical (unpaired) electrons. The molecule has 1 aliphatic rings. The summed E-state index contributed by atoms with van der Waals surface area (Å²) >= 11 is 0.807. The van der Waals surface area contributed by atoms with Gasteiger partial charge < -0.3 is 5.11 Å². The number of anilines is 1. The van der Waals surface area contributed by atoms with Crippen LogP contribution in [0.2, 0.25) is 0 Å². The SMILES string of the molecule is O=C(O)c1cc(N2C(=O)c3ccccc3C2=O)sn1. The topological polar surface area (TPSA) is 87.6 Å². The average molecular weight is 274 g/mol. The molecule has 0 spiro atoms. The van der Waals surface area contributed by atoms with Crippen molar-refractivity contribution in [2.45, 2.75) is 0 Å². The molecule has 3 rings (SSSR count). The lowest BCUT2D eigenvalue weighted by Crippen LogP contribution is -2.28. The van der Waals surface area contributed by atoms with Gasteiger partial charge in [-0.15, -0.1) is 0 Å². The van der Waals surface area contributed by atoms with Crippen LogP contribution in [-0.2, 0) is 0 Å². The van der Waals surface area contributed by atoms with Crippen molar-refractivity contribution in [3.05, 3.63) is 47.2 Å². The first-order chi connectivity index (χ1) is 9.09. The van der Waals surface area contributed by atoms with Crippen molar-refractivity contribution >= 4 is 34.3 Å². The molecule has 0 saturated carbocycles. The van der Waals surface area contributed by atoms with Crippen LogP contribution in [0.25, 0.3) is 0 Å². The zero-order valence-electron chi connectivity index (χ0n) is 9.36. The number of nitrogens with zero attached hydrogens (tertiary/aromatic N) is 2. The first kappa shape index (κ1) is 11.5. The number of carboxylic acid groups (broad SMARTS) is 1. The van der Waals surface area contributed by atoms with Gasteiger partial charge in [-0.3, -0.25) is 9.59 Å². The third-order valence-electron chi connectivity index (χ3n) is 2.73. The minimum atomic E-state index is -1.20. The van der Waals surface area contributed by atoms with Gasteiger partial charge in [0.2, 0.25) is 0 Å². The van der Waals surface area contributed by atoms with Gasteiger partial charge in [0.05, 0.1) is 11.1 Å². The summed E-state index contributed by atoms with van der Waals surface area (Å²) in [4.78, 5) is 36.0. The molecule has 2 heterocycles. The minimum absolute atomic E-state index is 0.184. The van der Waals surface area contributed by atoms with Gasteiger partial charge in [-0.1, -0.05) is 12.1 Å². The fourth-order valence-corrected chi connectivity index (χ4v) is 2.60. The largest absolute Gasteiger partial charge is 0.476 e. The molecular formula is C12H6N2O4S. The summed E-state index contributed by atoms with van der Waals surface area (Å²) in [6.07, 6.45) is 0. The number of benzene rings is 1. The van der Waals surface area contributed by atoms with Crippen molar-refractivity contribution in [1.82, 2.24) is 4.37 Å². The smallest absolute Gasteiger partial charge is 0.355 e. The Labute approximate surface area is 111 Å². The Morgan fingerprint density at radius 3 is 2.21 bits per heavy atom. The molecular weight excluding hydrogens is 268 g/mol. The number of fused-ring (bicyclic) bond motifs is 1. The average Bonchev–Trinajstić information content (AvgIpc) is 2.96. The summed E-state index contributed by atoms with van der Waals surface area (Å²) in [6.45, 7) is 0. The molecule has 0 aliphatic carbocycles. The number of aromatic nitrogens is 1. The summed E-state index contributed by atoms with van der Waals surface area (Å²) < 4.78 is 3.69. The number of hydrogen-bond donors (Lipinski definition) is 1. The number of rotatable bonds is 2. The van der Waals surface area contributed by atoms with Crippen molar-refractivity contribution in [2.24, 2.45) is 0 Å². The summed E-state index contributed by atoms with van der Waals surface area (Å²) in [6, 6.07) is 7.68. The number of hydrogen-bond acceptors (Lipinski definition) is 5. The number of aromatic carboxylic acids is 1. The van der Waals surface area contributed by atoms with E-state index >= 15 is 0 Å². The highest BCUT2D eigenvalue weighted by Gasteiger charge is 2.37. The zero-order valence-corrected chi connectivity index (χ0v) is 10.2. The fraction of sp³-hybridized carbons (Fsp3) is 0. The normalized spacial score (nSPS) is 13.8. The molecule has 2 aromatic rings. The van der Waals surface area contributed by atoms with Gasteiger partial charge in [-0.05, 0) is 23.7 Å². The quantitative estimate of drug-likeness (QED) is 0.841. The van der Waals surface area contributed by atoms with Crippen LogP contribution >= 0.6 is 11.5 Å². The molecule has 1 aromatic heterocycles. The lowest BCUT2D eigenvalue weighted by molar-refractivity contribution is 0.0691. The Morgan fingerprint density at radius 1 is 1.16 bits per heavy atom. The molecule has 1 N–H and O–H groups in total. The standard InChI is InChI=1S/C12H6N2O4S/c15-10-6-3-1-2-4-7(6)11(16)14(10)9-5-8(12(17)18)13-19-9/h1-5H,(H,17,18). The second-order valence-electron chi connectivity index (χ2n) is 3.85. The van der Waals surface area contributed by atoms with Crippen molar-refractivity contribution in [3.63, 3.8) is 0 Å². The third kappa shape index (κ3) is 1.63. The van der Waals surface area contributed by atoms with Crippen LogP contribution in [-0.4, -0.2) is 27.3 Å². The highest BCUT2D eigenvalue weighted by atomic mass is 32.1. The predicted octanol–water partition coefficient (Wildman–Crippen LogP) is 1.64. The van der Waals surface area contributed by atoms with Gasteiger partial charge in [0.15, 0.2) is 5.69 Å². The van der Waals surface area contributed by atoms with E-state index in [9.17, 15) is 14.4 Å². The third-order valence-corrected chi connectivity index (χ3v) is 3.51. The van der Waals surface area contributed by atoms with Gasteiger partial charge in [0, 0.05) is 6.07 Å². The summed E-state index contributed by atoms with van der Waals surface area (Å²) in [5.74, 6) is -2.11. The van der Waals surface area contributed by atoms with E-state index in [0.717, 1.165) is 16.4 Å². The van der Waals surface area contributed by atoms with Crippen LogP contribution in [0.4, 0.5) is 5.00 Å². The van der Waals surface area contributed by atoms with E-state index in [1.54, 1.807) is 24.3 Å². The molecule has 7 heteroatoms. The van der Waals surface area contributed by atoms with Gasteiger partial charge in [-0.25, -0.2) is 9.69 Å². The Morgan fingerprint density at radius 2 is 1.74 bits per heavy atom. The van der Waals surface area contributed by atoms with Crippen LogP contribution in [0.1, 0.15) is 31.2 Å². The van der Waals surface area contributed by atoms with Crippen molar-refractivity contribution in [1.29, 1.82) is 0 Å². The Kier molecular flexibility index (Phi) is 2.42. The summed E-state index contributed by atoms with van der Waals surface area (Å²) in [7, 11) is 0. The molecule has 6 nitrogen and oxygen atoms in total. The van der Waals surface area contributed by atoms with E-state index in [1.165, 1.54) is 6.07 Å². The Bertz CT molecular complexity index is 687. The number of carbonyl (C=O) groups excluding carboxylic acids is 2. The van der Waals surface area contributed by atoms with E-state index in [4.69, 9.17) is 5.11 Å². The van der Waals surface area contributed by atoms with Crippen LogP contribution in [0.15, 0.2) is 30.3 Å². The van der Waals surface area contributed by atoms with E-state index in [1.807, 2.05) is 0 Å². The summed E-state index contributed by atoms with van der Waals surface area (Å²) in [5.41, 5.74) is 0.451. The molecule has 0 saturated heterocycles. The molecule has 1 aliphatic heterocycles. The van der Waals surface area contributed by atoms with E-state index in [2.05, 4.69) is 4.37 Å². The van der Waals surface area contributed by atoms with Gasteiger partial charge in [-0.2, -0.15) is 4.37 Å². The molecule has 19 heavy (non-hydrogen) atoms. The molecule has 0 fully saturated rings. The fourth-order valence-electron chi connectivity index (χ4n) is 1.86. The zero-order chi connectivity index (χ0) is 13.6. The van der Waals surface area contributed by atoms with Gasteiger partial charge >= 0.3 is 5.97 Å². The predicted molar refractivity (Wildman–Crippen MR) is 66.7 cm³/mol. The van der Waals surface area contributed by atoms with E-state index < -0.39 is 17.8 Å². The monoisotopic (exact) mass is 274 g/mol. The van der Waals surface area contributed by atoms with E-state index in [-0.39, 0.29) is 10.7 Å². The lowest BCUT2D eigenvalue weighted by atomic mass is 10.1. The second kappa shape index (κ2) is 3.99. The van der Waals surface area contributed by atoms with Crippen LogP contribution < -0.4 is 4.90 Å². The molecule has 0 atom stereocenters. The molecule has 1 aromatic carbocycles. The number of carboxylic acids is 1. The molecule has 0 bridgehead atoms. The maximum atomic E-state index is 12.1. The molecule has 94 valence electrons. The van der Waals surface area contributed by atoms with Crippen molar-refractivity contribution < 1.29 is 19.5 Å². The van der Waals surface area contributed by atoms with Gasteiger partial charge in [0.1, 0.15) is 5.00 Å². The van der Waals surface area contributed by atoms with Crippen molar-refractivity contribution in [2.75, 3.05) is 4.90 Å². The molecule has 2 amide bonds. The molecule has 0 unspecified atom stereocenters. The number of amides is 2. The Balaban J connectivity index is 2.06. The maximum absolute atomic E-state index is 12.1. The first-order valence-corrected chi connectivity index (χ1v) is 6.05. The Hall–Kier alpha value is -2.54. The number of imide groups is 1. The second-order valence-corrected chi connectivity index (χ2v) is 4.63. The highest BCUT2D eigenvalue weighted by molar-refractivity contribution is 7.11. The van der Waals surface area contributed by atoms with Gasteiger partial charge in [0.25, 0.3) is 11.8 Å². The van der Waals surface area contributed by atoms with Crippen LogP contribution in [0.5, 0.6) is 0 Å². The number of carbonyl (C=O) groups is 3. The van der Waals surface area contributed by atoms with Crippen LogP contribution in [0, 0.1) is 0 Å². The maximum Gasteiger partial charge on any atom is 0.355 e. The minimum Gasteiger partial charge on any atom is -0.476 e. The summed E-state index contributed by atoms with van der Waals surface area (Å²) in [5, 5.41) is 9.01. The van der Waals surface area contributed by atoms with Crippen LogP contribution in [0.3, 0.4) is 0 Å². The first-order valence-electron chi connectivity index (χ1n) is 5.27. The lowest BCUT2D eigenvalue weighted by Gasteiger charge is -2.09.